The summed E-state index contributed by atoms with van der Waals surface area (Å²) in [5.74, 6) is 0. The first kappa shape index (κ1) is 7.03. The van der Waals surface area contributed by atoms with Crippen LogP contribution in [0.15, 0.2) is 0 Å². The zero-order chi connectivity index (χ0) is 6.69. The highest BCUT2D eigenvalue weighted by Crippen LogP contribution is 2.03. The van der Waals surface area contributed by atoms with E-state index in [2.05, 4.69) is 19.2 Å². The van der Waals surface area contributed by atoms with Gasteiger partial charge in [0.15, 0.2) is 0 Å². The van der Waals surface area contributed by atoms with E-state index in [1.54, 1.807) is 0 Å². The summed E-state index contributed by atoms with van der Waals surface area (Å²) in [6, 6.07) is 1.21. The maximum Gasteiger partial charge on any atom is 0.0620 e. The zero-order valence-corrected chi connectivity index (χ0v) is 6.18. The van der Waals surface area contributed by atoms with Gasteiger partial charge in [-0.2, -0.15) is 0 Å². The molecule has 1 N–H and O–H groups in total. The molecule has 54 valence electrons. The molecular formula is C7H15NO. The van der Waals surface area contributed by atoms with Crippen molar-refractivity contribution in [2.45, 2.75) is 32.4 Å². The van der Waals surface area contributed by atoms with Crippen molar-refractivity contribution in [1.29, 1.82) is 0 Å². The third kappa shape index (κ3) is 2.33. The highest BCUT2D eigenvalue weighted by molar-refractivity contribution is 4.72. The minimum Gasteiger partial charge on any atom is -0.380 e. The van der Waals surface area contributed by atoms with Crippen molar-refractivity contribution in [2.75, 3.05) is 13.2 Å². The smallest absolute Gasteiger partial charge is 0.0620 e. The Morgan fingerprint density at radius 3 is 2.78 bits per heavy atom. The van der Waals surface area contributed by atoms with Crippen LogP contribution in [-0.2, 0) is 4.74 Å². The van der Waals surface area contributed by atoms with Crippen LogP contribution in [0.1, 0.15) is 20.3 Å². The van der Waals surface area contributed by atoms with Gasteiger partial charge in [0.2, 0.25) is 0 Å². The Labute approximate surface area is 56.6 Å². The van der Waals surface area contributed by atoms with Crippen molar-refractivity contribution in [3.63, 3.8) is 0 Å². The summed E-state index contributed by atoms with van der Waals surface area (Å²) in [6.07, 6.45) is 1.18. The van der Waals surface area contributed by atoms with Gasteiger partial charge in [0.1, 0.15) is 0 Å². The first-order valence-corrected chi connectivity index (χ1v) is 3.63. The molecular weight excluding hydrogens is 114 g/mol. The molecule has 2 heteroatoms. The van der Waals surface area contributed by atoms with Gasteiger partial charge in [-0.3, -0.25) is 0 Å². The standard InChI is InChI=1S/C7H15NO/c1-6(2)8-7-3-4-9-5-7/h6-8H,3-5H2,1-2H3/t7-/m0/s1. The molecule has 9 heavy (non-hydrogen) atoms. The molecule has 1 rings (SSSR count). The van der Waals surface area contributed by atoms with Gasteiger partial charge in [-0.15, -0.1) is 0 Å². The number of ether oxygens (including phenoxy) is 1. The molecule has 1 saturated heterocycles. The number of hydrogen-bond donors (Lipinski definition) is 1. The Morgan fingerprint density at radius 1 is 1.56 bits per heavy atom. The molecule has 1 aliphatic heterocycles. The molecule has 0 spiro atoms. The van der Waals surface area contributed by atoms with E-state index in [1.807, 2.05) is 0 Å². The molecule has 0 aromatic rings. The molecule has 1 atom stereocenters. The van der Waals surface area contributed by atoms with Crippen LogP contribution in [0.4, 0.5) is 0 Å². The summed E-state index contributed by atoms with van der Waals surface area (Å²) in [7, 11) is 0. The van der Waals surface area contributed by atoms with Crippen LogP contribution in [0.3, 0.4) is 0 Å². The Balaban J connectivity index is 2.11. The van der Waals surface area contributed by atoms with E-state index in [4.69, 9.17) is 4.74 Å². The van der Waals surface area contributed by atoms with E-state index < -0.39 is 0 Å². The van der Waals surface area contributed by atoms with Crippen LogP contribution in [-0.4, -0.2) is 25.3 Å². The van der Waals surface area contributed by atoms with Crippen molar-refractivity contribution in [2.24, 2.45) is 0 Å². The third-order valence-corrected chi connectivity index (χ3v) is 1.50. The lowest BCUT2D eigenvalue weighted by molar-refractivity contribution is 0.188. The number of nitrogens with one attached hydrogen (secondary N) is 1. The fraction of sp³-hybridized carbons (Fsp3) is 1.00. The maximum absolute atomic E-state index is 5.20. The zero-order valence-electron chi connectivity index (χ0n) is 6.18. The lowest BCUT2D eigenvalue weighted by Gasteiger charge is -2.12. The van der Waals surface area contributed by atoms with Gasteiger partial charge in [-0.05, 0) is 6.42 Å². The fourth-order valence-corrected chi connectivity index (χ4v) is 1.14. The van der Waals surface area contributed by atoms with Crippen LogP contribution in [0.5, 0.6) is 0 Å². The Bertz CT molecular complexity index is 77.0. The molecule has 0 aliphatic carbocycles. The first-order valence-electron chi connectivity index (χ1n) is 3.63. The maximum atomic E-state index is 5.20. The fourth-order valence-electron chi connectivity index (χ4n) is 1.14. The predicted octanol–water partition coefficient (Wildman–Crippen LogP) is 0.773. The van der Waals surface area contributed by atoms with Crippen molar-refractivity contribution in [3.05, 3.63) is 0 Å². The van der Waals surface area contributed by atoms with E-state index in [-0.39, 0.29) is 0 Å². The molecule has 0 bridgehead atoms. The summed E-state index contributed by atoms with van der Waals surface area (Å²) < 4.78 is 5.20. The van der Waals surface area contributed by atoms with Crippen molar-refractivity contribution < 1.29 is 4.74 Å². The van der Waals surface area contributed by atoms with Gasteiger partial charge in [-0.25, -0.2) is 0 Å². The van der Waals surface area contributed by atoms with E-state index in [1.165, 1.54) is 6.42 Å². The quantitative estimate of drug-likeness (QED) is 0.594. The molecule has 0 unspecified atom stereocenters. The van der Waals surface area contributed by atoms with Crippen LogP contribution in [0, 0.1) is 0 Å². The monoisotopic (exact) mass is 129 g/mol. The van der Waals surface area contributed by atoms with Gasteiger partial charge < -0.3 is 10.1 Å². The highest BCUT2D eigenvalue weighted by atomic mass is 16.5. The molecule has 0 saturated carbocycles. The van der Waals surface area contributed by atoms with Crippen molar-refractivity contribution in [1.82, 2.24) is 5.32 Å². The van der Waals surface area contributed by atoms with Gasteiger partial charge in [0, 0.05) is 18.7 Å². The van der Waals surface area contributed by atoms with Gasteiger partial charge in [-0.1, -0.05) is 13.8 Å². The molecule has 0 aromatic heterocycles. The largest absolute Gasteiger partial charge is 0.380 e. The van der Waals surface area contributed by atoms with E-state index in [0.717, 1.165) is 13.2 Å². The van der Waals surface area contributed by atoms with Crippen LogP contribution < -0.4 is 5.32 Å². The molecule has 1 aliphatic rings. The van der Waals surface area contributed by atoms with Crippen LogP contribution >= 0.6 is 0 Å². The topological polar surface area (TPSA) is 21.3 Å². The predicted molar refractivity (Wildman–Crippen MR) is 37.5 cm³/mol. The van der Waals surface area contributed by atoms with E-state index in [0.29, 0.717) is 12.1 Å². The first-order chi connectivity index (χ1) is 4.29. The Kier molecular flexibility index (Phi) is 2.49. The molecule has 1 fully saturated rings. The van der Waals surface area contributed by atoms with E-state index in [9.17, 15) is 0 Å². The lowest BCUT2D eigenvalue weighted by atomic mass is 10.2. The molecule has 2 nitrogen and oxygen atoms in total. The normalized spacial score (nSPS) is 27.7. The number of rotatable bonds is 2. The summed E-state index contributed by atoms with van der Waals surface area (Å²) in [4.78, 5) is 0. The second-order valence-electron chi connectivity index (χ2n) is 2.88. The molecule has 0 aromatic carbocycles. The Morgan fingerprint density at radius 2 is 2.33 bits per heavy atom. The average molecular weight is 129 g/mol. The van der Waals surface area contributed by atoms with Gasteiger partial charge in [0.25, 0.3) is 0 Å². The second-order valence-corrected chi connectivity index (χ2v) is 2.88. The summed E-state index contributed by atoms with van der Waals surface area (Å²) >= 11 is 0. The van der Waals surface area contributed by atoms with Crippen LogP contribution in [0.25, 0.3) is 0 Å². The Hall–Kier alpha value is -0.0800. The highest BCUT2D eigenvalue weighted by Gasteiger charge is 2.14. The van der Waals surface area contributed by atoms with Crippen molar-refractivity contribution >= 4 is 0 Å². The SMILES string of the molecule is CC(C)N[C@H]1CCOC1. The third-order valence-electron chi connectivity index (χ3n) is 1.50. The summed E-state index contributed by atoms with van der Waals surface area (Å²) in [6.45, 7) is 6.17. The molecule has 1 heterocycles. The minimum absolute atomic E-state index is 0.594. The summed E-state index contributed by atoms with van der Waals surface area (Å²) in [5.41, 5.74) is 0. The second kappa shape index (κ2) is 3.18. The minimum atomic E-state index is 0.594. The van der Waals surface area contributed by atoms with Crippen LogP contribution in [0.2, 0.25) is 0 Å². The van der Waals surface area contributed by atoms with E-state index >= 15 is 0 Å². The molecule has 0 amide bonds. The molecule has 0 radical (unpaired) electrons. The number of hydrogen-bond acceptors (Lipinski definition) is 2. The average Bonchev–Trinajstić information content (AvgIpc) is 2.15. The van der Waals surface area contributed by atoms with Gasteiger partial charge in [0.05, 0.1) is 6.61 Å². The van der Waals surface area contributed by atoms with Gasteiger partial charge >= 0.3 is 0 Å². The lowest BCUT2D eigenvalue weighted by Crippen LogP contribution is -2.34. The van der Waals surface area contributed by atoms with Crippen molar-refractivity contribution in [3.8, 4) is 0 Å². The summed E-state index contributed by atoms with van der Waals surface area (Å²) in [5, 5.41) is 3.42.